The van der Waals surface area contributed by atoms with Gasteiger partial charge in [-0.2, -0.15) is 0 Å². The molecule has 136 valence electrons. The molecule has 0 bridgehead atoms. The van der Waals surface area contributed by atoms with Crippen molar-refractivity contribution in [3.05, 3.63) is 63.8 Å². The molecular formula is C18H21N5O3. The molecule has 1 fully saturated rings. The average Bonchev–Trinajstić information content (AvgIpc) is 2.69. The van der Waals surface area contributed by atoms with Gasteiger partial charge in [-0.05, 0) is 37.5 Å². The van der Waals surface area contributed by atoms with Crippen molar-refractivity contribution < 1.29 is 9.76 Å². The Bertz CT molecular complexity index is 786. The first-order valence-electron chi connectivity index (χ1n) is 8.54. The van der Waals surface area contributed by atoms with Gasteiger partial charge in [0.05, 0.1) is 10.5 Å². The van der Waals surface area contributed by atoms with Crippen LogP contribution in [0.4, 0.5) is 11.5 Å². The summed E-state index contributed by atoms with van der Waals surface area (Å²) in [5, 5.41) is 14.8. The van der Waals surface area contributed by atoms with E-state index in [1.54, 1.807) is 24.4 Å². The van der Waals surface area contributed by atoms with Crippen molar-refractivity contribution in [2.75, 3.05) is 18.0 Å². The monoisotopic (exact) mass is 355 g/mol. The van der Waals surface area contributed by atoms with Crippen molar-refractivity contribution >= 4 is 17.3 Å². The van der Waals surface area contributed by atoms with Gasteiger partial charge in [0, 0.05) is 30.9 Å². The number of nitrogens with two attached hydrogens (primary N) is 1. The van der Waals surface area contributed by atoms with Crippen molar-refractivity contribution in [2.24, 2.45) is 10.9 Å². The number of nitro benzene ring substituents is 1. The van der Waals surface area contributed by atoms with E-state index in [1.807, 2.05) is 12.1 Å². The highest BCUT2D eigenvalue weighted by Gasteiger charge is 2.13. The van der Waals surface area contributed by atoms with Gasteiger partial charge >= 0.3 is 0 Å². The number of nitrogens with zero attached hydrogens (tertiary/aromatic N) is 4. The summed E-state index contributed by atoms with van der Waals surface area (Å²) in [6.07, 6.45) is 5.31. The second-order valence-electron chi connectivity index (χ2n) is 6.09. The molecule has 2 N–H and O–H groups in total. The molecule has 3 rings (SSSR count). The van der Waals surface area contributed by atoms with Crippen molar-refractivity contribution in [1.82, 2.24) is 4.98 Å². The topological polar surface area (TPSA) is 107 Å². The highest BCUT2D eigenvalue weighted by molar-refractivity contribution is 5.96. The number of hydrogen-bond acceptors (Lipinski definition) is 6. The maximum Gasteiger partial charge on any atom is 0.276 e. The second kappa shape index (κ2) is 8.28. The normalized spacial score (nSPS) is 14.9. The predicted molar refractivity (Wildman–Crippen MR) is 98.9 cm³/mol. The van der Waals surface area contributed by atoms with E-state index in [2.05, 4.69) is 15.0 Å². The minimum Gasteiger partial charge on any atom is -0.389 e. The Morgan fingerprint density at radius 2 is 2.00 bits per heavy atom. The van der Waals surface area contributed by atoms with Gasteiger partial charge in [-0.15, -0.1) is 0 Å². The Labute approximate surface area is 151 Å². The summed E-state index contributed by atoms with van der Waals surface area (Å²) in [4.78, 5) is 22.4. The predicted octanol–water partition coefficient (Wildman–Crippen LogP) is 2.82. The minimum atomic E-state index is -0.449. The van der Waals surface area contributed by atoms with Crippen molar-refractivity contribution in [3.8, 4) is 0 Å². The van der Waals surface area contributed by atoms with Crippen LogP contribution in [-0.4, -0.2) is 28.8 Å². The zero-order valence-electron chi connectivity index (χ0n) is 14.4. The summed E-state index contributed by atoms with van der Waals surface area (Å²) in [7, 11) is 0. The Morgan fingerprint density at radius 1 is 1.23 bits per heavy atom. The first-order valence-corrected chi connectivity index (χ1v) is 8.54. The standard InChI is InChI=1S/C18H21N5O3/c19-18(21-26-13-15-6-2-3-7-16(15)23(24)25)14-8-9-17(20-12-14)22-10-4-1-5-11-22/h2-3,6-9,12H,1,4-5,10-11,13H2,(H2,19,21). The van der Waals surface area contributed by atoms with Crippen LogP contribution in [0.2, 0.25) is 0 Å². The maximum absolute atomic E-state index is 11.0. The number of oxime groups is 1. The molecule has 1 aliphatic rings. The quantitative estimate of drug-likeness (QED) is 0.369. The van der Waals surface area contributed by atoms with Gasteiger partial charge in [0.1, 0.15) is 12.4 Å². The van der Waals surface area contributed by atoms with E-state index in [1.165, 1.54) is 25.3 Å². The molecule has 8 heteroatoms. The zero-order valence-corrected chi connectivity index (χ0v) is 14.4. The lowest BCUT2D eigenvalue weighted by molar-refractivity contribution is -0.386. The van der Waals surface area contributed by atoms with E-state index < -0.39 is 4.92 Å². The number of nitro groups is 1. The third-order valence-corrected chi connectivity index (χ3v) is 4.29. The van der Waals surface area contributed by atoms with Crippen LogP contribution >= 0.6 is 0 Å². The molecule has 0 radical (unpaired) electrons. The Hall–Kier alpha value is -3.16. The molecule has 0 spiro atoms. The number of amidine groups is 1. The summed E-state index contributed by atoms with van der Waals surface area (Å²) in [6.45, 7) is 2.01. The summed E-state index contributed by atoms with van der Waals surface area (Å²) < 4.78 is 0. The van der Waals surface area contributed by atoms with Crippen LogP contribution in [0.15, 0.2) is 47.8 Å². The first kappa shape index (κ1) is 17.7. The van der Waals surface area contributed by atoms with Crippen molar-refractivity contribution in [3.63, 3.8) is 0 Å². The Kier molecular flexibility index (Phi) is 5.62. The molecule has 0 atom stereocenters. The lowest BCUT2D eigenvalue weighted by atomic mass is 10.1. The van der Waals surface area contributed by atoms with Crippen LogP contribution in [0.1, 0.15) is 30.4 Å². The van der Waals surface area contributed by atoms with Crippen molar-refractivity contribution in [1.29, 1.82) is 0 Å². The SMILES string of the molecule is N/C(=N/OCc1ccccc1[N+](=O)[O-])c1ccc(N2CCCCC2)nc1. The third-order valence-electron chi connectivity index (χ3n) is 4.29. The molecule has 0 unspecified atom stereocenters. The molecule has 0 aliphatic carbocycles. The fourth-order valence-corrected chi connectivity index (χ4v) is 2.88. The van der Waals surface area contributed by atoms with Gasteiger partial charge in [-0.3, -0.25) is 10.1 Å². The van der Waals surface area contributed by atoms with Gasteiger partial charge in [0.2, 0.25) is 0 Å². The molecule has 1 saturated heterocycles. The van der Waals surface area contributed by atoms with E-state index in [-0.39, 0.29) is 18.1 Å². The van der Waals surface area contributed by atoms with Gasteiger partial charge in [0.15, 0.2) is 5.84 Å². The van der Waals surface area contributed by atoms with Gasteiger partial charge in [0.25, 0.3) is 5.69 Å². The number of rotatable bonds is 6. The molecule has 26 heavy (non-hydrogen) atoms. The number of piperidine rings is 1. The molecule has 2 heterocycles. The molecule has 2 aromatic rings. The number of para-hydroxylation sites is 1. The van der Waals surface area contributed by atoms with E-state index >= 15 is 0 Å². The number of aromatic nitrogens is 1. The second-order valence-corrected chi connectivity index (χ2v) is 6.09. The third kappa shape index (κ3) is 4.27. The molecular weight excluding hydrogens is 334 g/mol. The van der Waals surface area contributed by atoms with Gasteiger partial charge in [-0.1, -0.05) is 17.3 Å². The Balaban J connectivity index is 1.62. The van der Waals surface area contributed by atoms with E-state index in [0.29, 0.717) is 11.1 Å². The largest absolute Gasteiger partial charge is 0.389 e. The number of benzene rings is 1. The summed E-state index contributed by atoms with van der Waals surface area (Å²) in [5.74, 6) is 1.11. The number of pyridine rings is 1. The fourth-order valence-electron chi connectivity index (χ4n) is 2.88. The molecule has 0 amide bonds. The highest BCUT2D eigenvalue weighted by Crippen LogP contribution is 2.19. The molecule has 1 aliphatic heterocycles. The van der Waals surface area contributed by atoms with Crippen LogP contribution in [-0.2, 0) is 11.4 Å². The van der Waals surface area contributed by atoms with Crippen LogP contribution in [0.25, 0.3) is 0 Å². The zero-order chi connectivity index (χ0) is 18.4. The first-order chi connectivity index (χ1) is 12.6. The fraction of sp³-hybridized carbons (Fsp3) is 0.333. The van der Waals surface area contributed by atoms with Crippen LogP contribution < -0.4 is 10.6 Å². The van der Waals surface area contributed by atoms with Crippen molar-refractivity contribution in [2.45, 2.75) is 25.9 Å². The van der Waals surface area contributed by atoms with E-state index in [4.69, 9.17) is 10.6 Å². The Morgan fingerprint density at radius 3 is 2.69 bits per heavy atom. The molecule has 1 aromatic carbocycles. The molecule has 8 nitrogen and oxygen atoms in total. The summed E-state index contributed by atoms with van der Waals surface area (Å²) in [6, 6.07) is 10.1. The average molecular weight is 355 g/mol. The molecule has 1 aromatic heterocycles. The van der Waals surface area contributed by atoms with E-state index in [9.17, 15) is 10.1 Å². The minimum absolute atomic E-state index is 0.00572. The van der Waals surface area contributed by atoms with E-state index in [0.717, 1.165) is 18.9 Å². The molecule has 0 saturated carbocycles. The highest BCUT2D eigenvalue weighted by atomic mass is 16.6. The number of anilines is 1. The smallest absolute Gasteiger partial charge is 0.276 e. The van der Waals surface area contributed by atoms with Crippen LogP contribution in [0.3, 0.4) is 0 Å². The van der Waals surface area contributed by atoms with Gasteiger partial charge < -0.3 is 15.5 Å². The van der Waals surface area contributed by atoms with Crippen LogP contribution in [0.5, 0.6) is 0 Å². The van der Waals surface area contributed by atoms with Gasteiger partial charge in [-0.25, -0.2) is 4.98 Å². The summed E-state index contributed by atoms with van der Waals surface area (Å²) in [5.41, 5.74) is 7.00. The lowest BCUT2D eigenvalue weighted by Gasteiger charge is -2.27. The summed E-state index contributed by atoms with van der Waals surface area (Å²) >= 11 is 0. The lowest BCUT2D eigenvalue weighted by Crippen LogP contribution is -2.30. The maximum atomic E-state index is 11.0. The number of hydrogen-bond donors (Lipinski definition) is 1. The van der Waals surface area contributed by atoms with Crippen LogP contribution in [0, 0.1) is 10.1 Å².